The zero-order valence-corrected chi connectivity index (χ0v) is 11.9. The molecule has 1 saturated carbocycles. The van der Waals surface area contributed by atoms with Crippen LogP contribution < -0.4 is 15.8 Å². The van der Waals surface area contributed by atoms with E-state index >= 15 is 0 Å². The largest absolute Gasteiger partial charge is 0.484 e. The van der Waals surface area contributed by atoms with E-state index in [1.165, 1.54) is 12.8 Å². The maximum Gasteiger partial charge on any atom is 0.258 e. The number of carbonyl (C=O) groups excluding carboxylic acids is 1. The first-order valence-corrected chi connectivity index (χ1v) is 7.78. The molecule has 1 aromatic rings. The van der Waals surface area contributed by atoms with E-state index in [0.29, 0.717) is 16.7 Å². The van der Waals surface area contributed by atoms with Crippen LogP contribution in [-0.2, 0) is 4.79 Å². The lowest BCUT2D eigenvalue weighted by atomic mass is 10.2. The van der Waals surface area contributed by atoms with Crippen molar-refractivity contribution < 1.29 is 9.53 Å². The maximum absolute atomic E-state index is 11.8. The van der Waals surface area contributed by atoms with E-state index in [2.05, 4.69) is 11.6 Å². The molecule has 3 N–H and O–H groups in total. The molecule has 5 heteroatoms. The third-order valence-electron chi connectivity index (χ3n) is 3.35. The Kier molecular flexibility index (Phi) is 4.96. The lowest BCUT2D eigenvalue weighted by Crippen LogP contribution is -2.41. The summed E-state index contributed by atoms with van der Waals surface area (Å²) in [6, 6.07) is 7.34. The summed E-state index contributed by atoms with van der Waals surface area (Å²) < 4.78 is 5.43. The molecule has 1 aliphatic carbocycles. The summed E-state index contributed by atoms with van der Waals surface area (Å²) in [5.41, 5.74) is 6.27. The maximum atomic E-state index is 11.8. The predicted octanol–water partition coefficient (Wildman–Crippen LogP) is 2.05. The van der Waals surface area contributed by atoms with Gasteiger partial charge in [0.1, 0.15) is 5.75 Å². The van der Waals surface area contributed by atoms with Crippen molar-refractivity contribution in [1.82, 2.24) is 5.32 Å². The molecule has 2 atom stereocenters. The number of amides is 1. The molecule has 0 radical (unpaired) electrons. The van der Waals surface area contributed by atoms with Crippen molar-refractivity contribution >= 4 is 23.4 Å². The molecule has 0 heterocycles. The Balaban J connectivity index is 1.77. The summed E-state index contributed by atoms with van der Waals surface area (Å²) in [6.45, 7) is 0.0571. The minimum Gasteiger partial charge on any atom is -0.484 e. The van der Waals surface area contributed by atoms with Gasteiger partial charge in [0.05, 0.1) is 0 Å². The Morgan fingerprint density at radius 2 is 2.16 bits per heavy atom. The number of nitrogens with one attached hydrogen (secondary N) is 1. The number of carbonyl (C=O) groups is 1. The second kappa shape index (κ2) is 6.70. The Labute approximate surface area is 118 Å². The molecule has 0 aliphatic heterocycles. The SMILES string of the molecule is CSC1CCCC1NC(=O)COc1ccc(N)cc1. The van der Waals surface area contributed by atoms with Crippen molar-refractivity contribution in [3.8, 4) is 5.75 Å². The zero-order valence-electron chi connectivity index (χ0n) is 11.1. The molecule has 2 unspecified atom stereocenters. The number of hydrogen-bond donors (Lipinski definition) is 2. The van der Waals surface area contributed by atoms with Gasteiger partial charge < -0.3 is 15.8 Å². The van der Waals surface area contributed by atoms with Crippen molar-refractivity contribution in [3.05, 3.63) is 24.3 Å². The summed E-state index contributed by atoms with van der Waals surface area (Å²) in [5, 5.41) is 3.59. The van der Waals surface area contributed by atoms with E-state index in [1.54, 1.807) is 24.3 Å². The fourth-order valence-electron chi connectivity index (χ4n) is 2.33. The minimum atomic E-state index is -0.0530. The van der Waals surface area contributed by atoms with Crippen LogP contribution >= 0.6 is 11.8 Å². The number of ether oxygens (including phenoxy) is 1. The van der Waals surface area contributed by atoms with Crippen LogP contribution in [0.4, 0.5) is 5.69 Å². The molecule has 1 aliphatic rings. The Morgan fingerprint density at radius 1 is 1.42 bits per heavy atom. The van der Waals surface area contributed by atoms with E-state index in [1.807, 2.05) is 11.8 Å². The molecule has 0 spiro atoms. The van der Waals surface area contributed by atoms with Gasteiger partial charge in [-0.05, 0) is 43.4 Å². The topological polar surface area (TPSA) is 64.3 Å². The molecule has 0 bridgehead atoms. The van der Waals surface area contributed by atoms with E-state index in [0.717, 1.165) is 6.42 Å². The first-order valence-electron chi connectivity index (χ1n) is 6.49. The van der Waals surface area contributed by atoms with Crippen molar-refractivity contribution in [2.24, 2.45) is 0 Å². The summed E-state index contributed by atoms with van der Waals surface area (Å²) in [7, 11) is 0. The zero-order chi connectivity index (χ0) is 13.7. The molecule has 1 aromatic carbocycles. The van der Waals surface area contributed by atoms with Crippen molar-refractivity contribution in [2.45, 2.75) is 30.6 Å². The van der Waals surface area contributed by atoms with E-state index < -0.39 is 0 Å². The van der Waals surface area contributed by atoms with Crippen LogP contribution in [0.15, 0.2) is 24.3 Å². The second-order valence-corrected chi connectivity index (χ2v) is 5.81. The Hall–Kier alpha value is -1.36. The highest BCUT2D eigenvalue weighted by Gasteiger charge is 2.27. The minimum absolute atomic E-state index is 0.0530. The lowest BCUT2D eigenvalue weighted by Gasteiger charge is -2.19. The summed E-state index contributed by atoms with van der Waals surface area (Å²) >= 11 is 1.83. The van der Waals surface area contributed by atoms with Gasteiger partial charge in [-0.1, -0.05) is 6.42 Å². The van der Waals surface area contributed by atoms with Gasteiger partial charge in [0.15, 0.2) is 6.61 Å². The van der Waals surface area contributed by atoms with Gasteiger partial charge in [0.2, 0.25) is 0 Å². The quantitative estimate of drug-likeness (QED) is 0.810. The molecular formula is C14H20N2O2S. The molecule has 0 saturated heterocycles. The summed E-state index contributed by atoms with van der Waals surface area (Å²) in [4.78, 5) is 11.8. The fraction of sp³-hybridized carbons (Fsp3) is 0.500. The first kappa shape index (κ1) is 14.1. The third-order valence-corrected chi connectivity index (χ3v) is 4.52. The lowest BCUT2D eigenvalue weighted by molar-refractivity contribution is -0.123. The fourth-order valence-corrected chi connectivity index (χ4v) is 3.27. The van der Waals surface area contributed by atoms with E-state index in [9.17, 15) is 4.79 Å². The molecule has 1 amide bonds. The van der Waals surface area contributed by atoms with Crippen LogP contribution in [0, 0.1) is 0 Å². The average molecular weight is 280 g/mol. The molecular weight excluding hydrogens is 260 g/mol. The van der Waals surface area contributed by atoms with Gasteiger partial charge in [-0.3, -0.25) is 4.79 Å². The highest BCUT2D eigenvalue weighted by molar-refractivity contribution is 7.99. The standard InChI is InChI=1S/C14H20N2O2S/c1-19-13-4-2-3-12(13)16-14(17)9-18-11-7-5-10(15)6-8-11/h5-8,12-13H,2-4,9,15H2,1H3,(H,16,17). The van der Waals surface area contributed by atoms with Gasteiger partial charge in [-0.15, -0.1) is 0 Å². The van der Waals surface area contributed by atoms with E-state index in [4.69, 9.17) is 10.5 Å². The molecule has 19 heavy (non-hydrogen) atoms. The van der Waals surface area contributed by atoms with Gasteiger partial charge in [-0.25, -0.2) is 0 Å². The average Bonchev–Trinajstić information content (AvgIpc) is 2.85. The monoisotopic (exact) mass is 280 g/mol. The smallest absolute Gasteiger partial charge is 0.258 e. The molecule has 104 valence electrons. The normalized spacial score (nSPS) is 22.2. The Bertz CT molecular complexity index is 422. The first-order chi connectivity index (χ1) is 9.19. The number of nitrogens with two attached hydrogens (primary N) is 1. The van der Waals surface area contributed by atoms with E-state index in [-0.39, 0.29) is 18.6 Å². The highest BCUT2D eigenvalue weighted by Crippen LogP contribution is 2.28. The van der Waals surface area contributed by atoms with Crippen molar-refractivity contribution in [3.63, 3.8) is 0 Å². The van der Waals surface area contributed by atoms with Crippen LogP contribution in [0.25, 0.3) is 0 Å². The highest BCUT2D eigenvalue weighted by atomic mass is 32.2. The predicted molar refractivity (Wildman–Crippen MR) is 79.4 cm³/mol. The number of hydrogen-bond acceptors (Lipinski definition) is 4. The van der Waals surface area contributed by atoms with Gasteiger partial charge in [0, 0.05) is 17.0 Å². The van der Waals surface area contributed by atoms with Gasteiger partial charge in [0.25, 0.3) is 5.91 Å². The number of rotatable bonds is 5. The summed E-state index contributed by atoms with van der Waals surface area (Å²) in [6.07, 6.45) is 5.54. The number of nitrogen functional groups attached to an aromatic ring is 1. The van der Waals surface area contributed by atoms with Crippen LogP contribution in [0.2, 0.25) is 0 Å². The van der Waals surface area contributed by atoms with Gasteiger partial charge in [-0.2, -0.15) is 11.8 Å². The third kappa shape index (κ3) is 4.06. The number of anilines is 1. The second-order valence-electron chi connectivity index (χ2n) is 4.74. The van der Waals surface area contributed by atoms with Gasteiger partial charge >= 0.3 is 0 Å². The van der Waals surface area contributed by atoms with Crippen LogP contribution in [0.3, 0.4) is 0 Å². The number of benzene rings is 1. The summed E-state index contributed by atoms with van der Waals surface area (Å²) in [5.74, 6) is 0.611. The number of thioether (sulfide) groups is 1. The Morgan fingerprint density at radius 3 is 2.84 bits per heavy atom. The molecule has 0 aromatic heterocycles. The van der Waals surface area contributed by atoms with Crippen molar-refractivity contribution in [2.75, 3.05) is 18.6 Å². The molecule has 4 nitrogen and oxygen atoms in total. The van der Waals surface area contributed by atoms with Crippen LogP contribution in [0.5, 0.6) is 5.75 Å². The molecule has 2 rings (SSSR count). The van der Waals surface area contributed by atoms with Crippen molar-refractivity contribution in [1.29, 1.82) is 0 Å². The molecule has 1 fully saturated rings. The van der Waals surface area contributed by atoms with Crippen LogP contribution in [-0.4, -0.2) is 30.1 Å². The van der Waals surface area contributed by atoms with Crippen LogP contribution in [0.1, 0.15) is 19.3 Å².